The van der Waals surface area contributed by atoms with Crippen molar-refractivity contribution in [2.75, 3.05) is 0 Å². The number of rotatable bonds is 6. The number of imidazole rings is 1. The van der Waals surface area contributed by atoms with E-state index in [1.165, 1.54) is 5.56 Å². The summed E-state index contributed by atoms with van der Waals surface area (Å²) in [6.45, 7) is 12.0. The Labute approximate surface area is 189 Å². The monoisotopic (exact) mass is 436 g/mol. The summed E-state index contributed by atoms with van der Waals surface area (Å²) in [6.07, 6.45) is -0.316. The first-order valence-electron chi connectivity index (χ1n) is 10.9. The number of carbonyl (C=O) groups excluding carboxylic acids is 1. The largest absolute Gasteiger partial charge is 0.481 e. The van der Waals surface area contributed by atoms with Crippen LogP contribution in [-0.4, -0.2) is 32.2 Å². The minimum absolute atomic E-state index is 0.0297. The number of carbonyl (C=O) groups is 2. The van der Waals surface area contributed by atoms with Crippen LogP contribution in [0.25, 0.3) is 22.4 Å². The number of benzene rings is 2. The number of hydrogen-bond acceptors (Lipinski definition) is 4. The molecule has 0 bridgehead atoms. The van der Waals surface area contributed by atoms with E-state index in [1.54, 1.807) is 20.8 Å². The van der Waals surface area contributed by atoms with Gasteiger partial charge in [0.05, 0.1) is 23.4 Å². The van der Waals surface area contributed by atoms with Crippen molar-refractivity contribution >= 4 is 23.0 Å². The van der Waals surface area contributed by atoms with E-state index in [2.05, 4.69) is 32.9 Å². The Morgan fingerprint density at radius 2 is 1.62 bits per heavy atom. The molecule has 1 N–H and O–H groups in total. The highest BCUT2D eigenvalue weighted by atomic mass is 16.6. The lowest BCUT2D eigenvalue weighted by Gasteiger charge is -2.24. The first-order chi connectivity index (χ1) is 14.8. The molecule has 0 aliphatic carbocycles. The number of hydrogen-bond donors (Lipinski definition) is 1. The first kappa shape index (κ1) is 23.5. The van der Waals surface area contributed by atoms with Gasteiger partial charge in [0.2, 0.25) is 0 Å². The Bertz CT molecular complexity index is 1120. The number of para-hydroxylation sites is 2. The minimum Gasteiger partial charge on any atom is -0.481 e. The summed E-state index contributed by atoms with van der Waals surface area (Å²) in [4.78, 5) is 29.2. The predicted octanol–water partition coefficient (Wildman–Crippen LogP) is 5.43. The fraction of sp³-hybridized carbons (Fsp3) is 0.423. The fourth-order valence-electron chi connectivity index (χ4n) is 3.64. The molecule has 0 aliphatic heterocycles. The Hall–Kier alpha value is -3.15. The molecule has 1 aromatic heterocycles. The van der Waals surface area contributed by atoms with Crippen LogP contribution in [0.15, 0.2) is 48.5 Å². The van der Waals surface area contributed by atoms with E-state index >= 15 is 0 Å². The van der Waals surface area contributed by atoms with Gasteiger partial charge in [0.25, 0.3) is 0 Å². The summed E-state index contributed by atoms with van der Waals surface area (Å²) < 4.78 is 7.45. The average molecular weight is 437 g/mol. The maximum absolute atomic E-state index is 12.8. The maximum atomic E-state index is 12.8. The summed E-state index contributed by atoms with van der Waals surface area (Å²) in [5, 5.41) is 9.43. The van der Waals surface area contributed by atoms with Gasteiger partial charge in [-0.15, -0.1) is 0 Å². The van der Waals surface area contributed by atoms with Gasteiger partial charge in [0, 0.05) is 12.1 Å². The van der Waals surface area contributed by atoms with Crippen molar-refractivity contribution in [3.8, 4) is 11.4 Å². The van der Waals surface area contributed by atoms with Crippen molar-refractivity contribution in [1.29, 1.82) is 0 Å². The molecule has 0 saturated heterocycles. The molecule has 1 atom stereocenters. The molecule has 6 nitrogen and oxygen atoms in total. The summed E-state index contributed by atoms with van der Waals surface area (Å²) >= 11 is 0. The number of carboxylic acids is 1. The summed E-state index contributed by atoms with van der Waals surface area (Å²) in [5.41, 5.74) is 3.09. The molecule has 6 heteroatoms. The first-order valence-corrected chi connectivity index (χ1v) is 10.9. The molecule has 3 rings (SSSR count). The molecule has 2 aromatic carbocycles. The van der Waals surface area contributed by atoms with Gasteiger partial charge >= 0.3 is 11.9 Å². The van der Waals surface area contributed by atoms with Gasteiger partial charge in [0.1, 0.15) is 11.4 Å². The smallest absolute Gasteiger partial charge is 0.311 e. The highest BCUT2D eigenvalue weighted by Crippen LogP contribution is 2.30. The van der Waals surface area contributed by atoms with Crippen LogP contribution in [0.5, 0.6) is 0 Å². The van der Waals surface area contributed by atoms with Crippen molar-refractivity contribution in [2.24, 2.45) is 5.92 Å². The van der Waals surface area contributed by atoms with Gasteiger partial charge in [-0.1, -0.05) is 57.2 Å². The molecule has 0 aliphatic rings. The lowest BCUT2D eigenvalue weighted by Crippen LogP contribution is -2.32. The molecule has 0 fully saturated rings. The average Bonchev–Trinajstić information content (AvgIpc) is 3.04. The minimum atomic E-state index is -1.04. The van der Waals surface area contributed by atoms with Gasteiger partial charge in [-0.05, 0) is 43.9 Å². The molecular formula is C26H32N2O4. The third-order valence-electron chi connectivity index (χ3n) is 5.23. The van der Waals surface area contributed by atoms with E-state index in [1.807, 2.05) is 41.0 Å². The standard InChI is InChI=1S/C26H32N2O4/c1-25(2,3)19-13-11-17(12-14-19)23-27-20-9-7-8-10-21(20)28(23)16-18(15-22(29)30)24(31)32-26(4,5)6/h7-14,18H,15-16H2,1-6H3,(H,29,30). The molecule has 170 valence electrons. The maximum Gasteiger partial charge on any atom is 0.311 e. The Morgan fingerprint density at radius 1 is 1.00 bits per heavy atom. The van der Waals surface area contributed by atoms with E-state index in [9.17, 15) is 14.7 Å². The lowest BCUT2D eigenvalue weighted by molar-refractivity contribution is -0.163. The molecule has 0 saturated carbocycles. The number of ether oxygens (including phenoxy) is 1. The van der Waals surface area contributed by atoms with Crippen LogP contribution >= 0.6 is 0 Å². The van der Waals surface area contributed by atoms with E-state index in [4.69, 9.17) is 9.72 Å². The molecule has 1 heterocycles. The van der Waals surface area contributed by atoms with Crippen LogP contribution in [0, 0.1) is 5.92 Å². The van der Waals surface area contributed by atoms with Gasteiger partial charge in [0.15, 0.2) is 0 Å². The van der Waals surface area contributed by atoms with Crippen molar-refractivity contribution in [1.82, 2.24) is 9.55 Å². The number of esters is 1. The SMILES string of the molecule is CC(C)(C)OC(=O)C(CC(=O)O)Cn1c(-c2ccc(C(C)(C)C)cc2)nc2ccccc21. The van der Waals surface area contributed by atoms with Crippen LogP contribution in [0.1, 0.15) is 53.5 Å². The second-order valence-corrected chi connectivity index (χ2v) is 10.2. The fourth-order valence-corrected chi connectivity index (χ4v) is 3.64. The van der Waals surface area contributed by atoms with Crippen LogP contribution in [0.4, 0.5) is 0 Å². The highest BCUT2D eigenvalue weighted by molar-refractivity contribution is 5.82. The lowest BCUT2D eigenvalue weighted by atomic mass is 9.86. The Morgan fingerprint density at radius 3 is 2.19 bits per heavy atom. The zero-order valence-electron chi connectivity index (χ0n) is 19.7. The number of nitrogens with zero attached hydrogens (tertiary/aromatic N) is 2. The highest BCUT2D eigenvalue weighted by Gasteiger charge is 2.29. The van der Waals surface area contributed by atoms with Crippen LogP contribution in [0.3, 0.4) is 0 Å². The van der Waals surface area contributed by atoms with Gasteiger partial charge < -0.3 is 14.4 Å². The molecule has 32 heavy (non-hydrogen) atoms. The van der Waals surface area contributed by atoms with E-state index in [0.29, 0.717) is 5.82 Å². The molecule has 0 radical (unpaired) electrons. The molecule has 3 aromatic rings. The normalized spacial score (nSPS) is 13.2. The van der Waals surface area contributed by atoms with Crippen LogP contribution in [0.2, 0.25) is 0 Å². The second kappa shape index (κ2) is 8.77. The van der Waals surface area contributed by atoms with Crippen molar-refractivity contribution in [2.45, 2.75) is 65.5 Å². The zero-order valence-corrected chi connectivity index (χ0v) is 19.7. The van der Waals surface area contributed by atoms with Crippen molar-refractivity contribution in [3.63, 3.8) is 0 Å². The Balaban J connectivity index is 2.06. The van der Waals surface area contributed by atoms with Crippen molar-refractivity contribution in [3.05, 3.63) is 54.1 Å². The molecular weight excluding hydrogens is 404 g/mol. The summed E-state index contributed by atoms with van der Waals surface area (Å²) in [6, 6.07) is 15.9. The predicted molar refractivity (Wildman–Crippen MR) is 125 cm³/mol. The van der Waals surface area contributed by atoms with E-state index in [0.717, 1.165) is 16.6 Å². The molecule has 1 unspecified atom stereocenters. The summed E-state index contributed by atoms with van der Waals surface area (Å²) in [7, 11) is 0. The Kier molecular flexibility index (Phi) is 6.44. The quantitative estimate of drug-likeness (QED) is 0.521. The molecule has 0 spiro atoms. The van der Waals surface area contributed by atoms with Gasteiger partial charge in [-0.25, -0.2) is 4.98 Å². The topological polar surface area (TPSA) is 81.4 Å². The van der Waals surface area contributed by atoms with Crippen molar-refractivity contribution < 1.29 is 19.4 Å². The van der Waals surface area contributed by atoms with Gasteiger partial charge in [-0.2, -0.15) is 0 Å². The zero-order chi connectivity index (χ0) is 23.7. The van der Waals surface area contributed by atoms with Crippen LogP contribution < -0.4 is 0 Å². The van der Waals surface area contributed by atoms with Gasteiger partial charge in [-0.3, -0.25) is 9.59 Å². The third-order valence-corrected chi connectivity index (χ3v) is 5.23. The molecule has 0 amide bonds. The number of aromatic nitrogens is 2. The van der Waals surface area contributed by atoms with E-state index in [-0.39, 0.29) is 18.4 Å². The number of aliphatic carboxylic acids is 1. The second-order valence-electron chi connectivity index (χ2n) is 10.2. The van der Waals surface area contributed by atoms with Crippen LogP contribution in [-0.2, 0) is 26.3 Å². The van der Waals surface area contributed by atoms with E-state index < -0.39 is 23.5 Å². The third kappa shape index (κ3) is 5.55. The summed E-state index contributed by atoms with van der Waals surface area (Å²) in [5.74, 6) is -1.70. The number of carboxylic acid groups (broad SMARTS) is 1. The number of fused-ring (bicyclic) bond motifs is 1.